The van der Waals surface area contributed by atoms with Gasteiger partial charge in [-0.25, -0.2) is 9.13 Å². The molecule has 3 N–H and O–H groups in total. The summed E-state index contributed by atoms with van der Waals surface area (Å²) in [5.41, 5.74) is 0. The second-order valence-electron chi connectivity index (χ2n) is 25.9. The molecule has 0 fully saturated rings. The molecule has 576 valence electrons. The first kappa shape index (κ1) is 95.7. The predicted octanol–water partition coefficient (Wildman–Crippen LogP) is 22.6. The summed E-state index contributed by atoms with van der Waals surface area (Å²) in [7, 11) is -9.97. The lowest BCUT2D eigenvalue weighted by Crippen LogP contribution is -2.30. The molecule has 0 aliphatic heterocycles. The van der Waals surface area contributed by atoms with Gasteiger partial charge in [-0.2, -0.15) is 0 Å². The Hall–Kier alpha value is -4.28. The van der Waals surface area contributed by atoms with Crippen molar-refractivity contribution in [2.45, 2.75) is 341 Å². The summed E-state index contributed by atoms with van der Waals surface area (Å²) < 4.78 is 68.5. The molecule has 19 heteroatoms. The van der Waals surface area contributed by atoms with Gasteiger partial charge in [0.25, 0.3) is 0 Å². The molecule has 0 aliphatic rings. The summed E-state index contributed by atoms with van der Waals surface area (Å²) in [5.74, 6) is -2.23. The Balaban J connectivity index is 5.39. The van der Waals surface area contributed by atoms with Crippen LogP contribution in [0, 0.1) is 0 Å². The highest BCUT2D eigenvalue weighted by molar-refractivity contribution is 7.47. The summed E-state index contributed by atoms with van der Waals surface area (Å²) in [6.45, 7) is 4.64. The van der Waals surface area contributed by atoms with E-state index >= 15 is 0 Å². The Bertz CT molecular complexity index is 2320. The molecule has 5 atom stereocenters. The zero-order valence-corrected chi connectivity index (χ0v) is 64.6. The number of rotatable bonds is 73. The molecular formula is C81H140O17P2. The van der Waals surface area contributed by atoms with Crippen LogP contribution < -0.4 is 0 Å². The first-order valence-corrected chi connectivity index (χ1v) is 42.1. The Morgan fingerprint density at radius 3 is 0.830 bits per heavy atom. The molecule has 0 aliphatic carbocycles. The molecule has 0 rings (SSSR count). The van der Waals surface area contributed by atoms with E-state index in [1.165, 1.54) is 64.2 Å². The highest BCUT2D eigenvalue weighted by Crippen LogP contribution is 2.45. The standard InChI is InChI=1S/C81H140O17P2/c1-5-9-13-17-21-25-29-33-36-37-40-43-46-50-54-58-62-66-79(84)92-71-76(97-80(85)67-63-59-55-51-47-41-32-28-24-20-16-12-8-4)73-95-99(87,88)93-69-75(82)70-94-100(89,90)96-74-77(98-81(86)68-64-60-56-52-48-44-39-35-31-27-23-19-15-11-7-3)72-91-78(83)65-61-57-53-49-45-42-38-34-30-26-22-18-14-10-6-2/h9,13,21-23,25-28,32-36,38-40,43,75-77,82H,5-8,10-12,14-20,24,29-31,37,41-42,44-74H2,1-4H3,(H,87,88)(H,89,90)/b13-9-,25-21-,26-22-,27-23-,32-28-,36-33-,38-34-,39-35-,43-40-. The Morgan fingerprint density at radius 1 is 0.290 bits per heavy atom. The van der Waals surface area contributed by atoms with Gasteiger partial charge in [0, 0.05) is 25.7 Å². The maximum atomic E-state index is 13.1. The minimum absolute atomic E-state index is 0.0749. The monoisotopic (exact) mass is 1450 g/mol. The number of unbranched alkanes of at least 4 members (excludes halogenated alkanes) is 29. The van der Waals surface area contributed by atoms with Gasteiger partial charge in [0.15, 0.2) is 12.2 Å². The smallest absolute Gasteiger partial charge is 0.462 e. The molecule has 0 aromatic carbocycles. The fourth-order valence-electron chi connectivity index (χ4n) is 10.2. The third-order valence-electron chi connectivity index (χ3n) is 16.2. The molecule has 0 aromatic rings. The van der Waals surface area contributed by atoms with E-state index in [0.29, 0.717) is 25.7 Å². The second kappa shape index (κ2) is 73.0. The van der Waals surface area contributed by atoms with Crippen molar-refractivity contribution in [2.75, 3.05) is 39.6 Å². The topological polar surface area (TPSA) is 237 Å². The third kappa shape index (κ3) is 72.1. The van der Waals surface area contributed by atoms with Crippen molar-refractivity contribution < 1.29 is 80.2 Å². The van der Waals surface area contributed by atoms with Gasteiger partial charge in [-0.1, -0.05) is 253 Å². The Kier molecular flexibility index (Phi) is 69.9. The lowest BCUT2D eigenvalue weighted by molar-refractivity contribution is -0.161. The van der Waals surface area contributed by atoms with Crippen LogP contribution in [0.25, 0.3) is 0 Å². The van der Waals surface area contributed by atoms with E-state index < -0.39 is 97.5 Å². The van der Waals surface area contributed by atoms with Crippen LogP contribution in [0.1, 0.15) is 323 Å². The molecule has 0 spiro atoms. The minimum atomic E-state index is -4.98. The fraction of sp³-hybridized carbons (Fsp3) is 0.728. The van der Waals surface area contributed by atoms with Crippen molar-refractivity contribution >= 4 is 39.5 Å². The van der Waals surface area contributed by atoms with Crippen molar-refractivity contribution in [1.29, 1.82) is 0 Å². The number of phosphoric ester groups is 2. The average molecular weight is 1450 g/mol. The van der Waals surface area contributed by atoms with Crippen LogP contribution in [0.3, 0.4) is 0 Å². The van der Waals surface area contributed by atoms with Crippen molar-refractivity contribution in [3.8, 4) is 0 Å². The van der Waals surface area contributed by atoms with Gasteiger partial charge in [-0.15, -0.1) is 0 Å². The van der Waals surface area contributed by atoms with E-state index in [-0.39, 0.29) is 25.7 Å². The van der Waals surface area contributed by atoms with E-state index in [4.69, 9.17) is 37.0 Å². The number of carbonyl (C=O) groups is 4. The highest BCUT2D eigenvalue weighted by atomic mass is 31.2. The van der Waals surface area contributed by atoms with E-state index in [1.54, 1.807) is 0 Å². The molecule has 0 saturated heterocycles. The SMILES string of the molecule is CC/C=C\C/C=C\C/C=C\C/C=C\CCCCCCC(=O)OCC(COP(=O)(O)OCC(O)COP(=O)(O)OCC(COC(=O)CCCCCCC/C=C\C/C=C\CCCCC)OC(=O)CCCCCCC/C=C\C/C=C\CCCCC)OC(=O)CCCCCCC/C=C\CCCCCC. The summed E-state index contributed by atoms with van der Waals surface area (Å²) in [6.07, 6.45) is 77.8. The van der Waals surface area contributed by atoms with Crippen LogP contribution >= 0.6 is 15.6 Å². The van der Waals surface area contributed by atoms with E-state index in [1.807, 2.05) is 0 Å². The van der Waals surface area contributed by atoms with Gasteiger partial charge in [0.1, 0.15) is 19.3 Å². The van der Waals surface area contributed by atoms with Gasteiger partial charge in [-0.3, -0.25) is 37.3 Å². The van der Waals surface area contributed by atoms with Gasteiger partial charge in [0.05, 0.1) is 26.4 Å². The number of aliphatic hydroxyl groups excluding tert-OH is 1. The van der Waals surface area contributed by atoms with Gasteiger partial charge in [0.2, 0.25) is 0 Å². The number of esters is 4. The largest absolute Gasteiger partial charge is 0.472 e. The van der Waals surface area contributed by atoms with Crippen LogP contribution in [-0.4, -0.2) is 96.7 Å². The summed E-state index contributed by atoms with van der Waals surface area (Å²) in [5, 5.41) is 10.6. The molecule has 0 saturated carbocycles. The van der Waals surface area contributed by atoms with Crippen LogP contribution in [0.4, 0.5) is 0 Å². The zero-order valence-electron chi connectivity index (χ0n) is 62.8. The van der Waals surface area contributed by atoms with Crippen molar-refractivity contribution in [1.82, 2.24) is 0 Å². The lowest BCUT2D eigenvalue weighted by atomic mass is 10.1. The second-order valence-corrected chi connectivity index (χ2v) is 28.8. The van der Waals surface area contributed by atoms with Gasteiger partial charge in [-0.05, 0) is 154 Å². The number of hydrogen-bond acceptors (Lipinski definition) is 15. The molecule has 0 bridgehead atoms. The zero-order chi connectivity index (χ0) is 73.2. The summed E-state index contributed by atoms with van der Waals surface area (Å²) >= 11 is 0. The Labute approximate surface area is 607 Å². The number of allylic oxidation sites excluding steroid dienone is 18. The number of aliphatic hydroxyl groups is 1. The predicted molar refractivity (Wildman–Crippen MR) is 408 cm³/mol. The molecular weight excluding hydrogens is 1310 g/mol. The molecule has 17 nitrogen and oxygen atoms in total. The molecule has 0 heterocycles. The molecule has 0 amide bonds. The normalized spacial score (nSPS) is 14.5. The number of carbonyl (C=O) groups excluding carboxylic acids is 4. The molecule has 5 unspecified atom stereocenters. The lowest BCUT2D eigenvalue weighted by Gasteiger charge is -2.21. The number of hydrogen-bond donors (Lipinski definition) is 3. The maximum Gasteiger partial charge on any atom is 0.472 e. The van der Waals surface area contributed by atoms with Crippen LogP contribution in [0.15, 0.2) is 109 Å². The van der Waals surface area contributed by atoms with Crippen molar-refractivity contribution in [2.24, 2.45) is 0 Å². The first-order valence-electron chi connectivity index (χ1n) is 39.1. The summed E-state index contributed by atoms with van der Waals surface area (Å²) in [6, 6.07) is 0. The van der Waals surface area contributed by atoms with E-state index in [9.17, 15) is 43.2 Å². The van der Waals surface area contributed by atoms with Gasteiger partial charge < -0.3 is 33.8 Å². The van der Waals surface area contributed by atoms with Crippen LogP contribution in [0.2, 0.25) is 0 Å². The van der Waals surface area contributed by atoms with Crippen molar-refractivity contribution in [3.05, 3.63) is 109 Å². The van der Waals surface area contributed by atoms with Crippen molar-refractivity contribution in [3.63, 3.8) is 0 Å². The minimum Gasteiger partial charge on any atom is -0.462 e. The average Bonchev–Trinajstić information content (AvgIpc) is 0.965. The summed E-state index contributed by atoms with van der Waals surface area (Å²) in [4.78, 5) is 72.9. The van der Waals surface area contributed by atoms with Crippen LogP contribution in [-0.2, 0) is 65.4 Å². The Morgan fingerprint density at radius 2 is 0.520 bits per heavy atom. The number of ether oxygens (including phenoxy) is 4. The number of phosphoric acid groups is 2. The molecule has 0 aromatic heterocycles. The molecule has 100 heavy (non-hydrogen) atoms. The third-order valence-corrected chi connectivity index (χ3v) is 18.1. The fourth-order valence-corrected chi connectivity index (χ4v) is 11.8. The first-order chi connectivity index (χ1) is 48.7. The van der Waals surface area contributed by atoms with Crippen LogP contribution in [0.5, 0.6) is 0 Å². The highest BCUT2D eigenvalue weighted by Gasteiger charge is 2.30. The van der Waals surface area contributed by atoms with Gasteiger partial charge >= 0.3 is 39.5 Å². The molecule has 0 radical (unpaired) electrons. The van der Waals surface area contributed by atoms with E-state index in [0.717, 1.165) is 180 Å². The quantitative estimate of drug-likeness (QED) is 0.0169. The maximum absolute atomic E-state index is 13.1. The van der Waals surface area contributed by atoms with E-state index in [2.05, 4.69) is 137 Å².